The minimum absolute atomic E-state index is 0.353. The normalized spacial score (nSPS) is 28.8. The van der Waals surface area contributed by atoms with E-state index in [2.05, 4.69) is 20.4 Å². The maximum Gasteiger partial charge on any atom is 0.165 e. The Kier molecular flexibility index (Phi) is 4.36. The first-order valence-corrected chi connectivity index (χ1v) is 8.61. The van der Waals surface area contributed by atoms with Crippen molar-refractivity contribution in [2.24, 2.45) is 0 Å². The minimum Gasteiger partial charge on any atom is -0.377 e. The summed E-state index contributed by atoms with van der Waals surface area (Å²) in [5.41, 5.74) is 0. The highest BCUT2D eigenvalue weighted by Crippen LogP contribution is 2.34. The van der Waals surface area contributed by atoms with Gasteiger partial charge in [0.05, 0.1) is 24.8 Å². The predicted molar refractivity (Wildman–Crippen MR) is 79.3 cm³/mol. The molecule has 0 N–H and O–H groups in total. The van der Waals surface area contributed by atoms with Crippen LogP contribution in [0.5, 0.6) is 0 Å². The minimum atomic E-state index is 0.353. The lowest BCUT2D eigenvalue weighted by Crippen LogP contribution is -2.38. The topological polar surface area (TPSA) is 65.3 Å². The van der Waals surface area contributed by atoms with Gasteiger partial charge in [-0.3, -0.25) is 4.90 Å². The summed E-state index contributed by atoms with van der Waals surface area (Å²) < 4.78 is 13.6. The Morgan fingerprint density at radius 3 is 2.23 bits per heavy atom. The van der Waals surface area contributed by atoms with Crippen molar-refractivity contribution in [1.29, 1.82) is 0 Å². The zero-order valence-electron chi connectivity index (χ0n) is 13.1. The molecule has 2 unspecified atom stereocenters. The van der Waals surface area contributed by atoms with Crippen molar-refractivity contribution in [3.8, 4) is 0 Å². The van der Waals surface area contributed by atoms with Gasteiger partial charge in [-0.1, -0.05) is 0 Å². The van der Waals surface area contributed by atoms with Crippen molar-refractivity contribution >= 4 is 0 Å². The van der Waals surface area contributed by atoms with E-state index >= 15 is 0 Å². The summed E-state index contributed by atoms with van der Waals surface area (Å²) in [5, 5.41) is 12.3. The zero-order valence-corrected chi connectivity index (χ0v) is 13.1. The summed E-state index contributed by atoms with van der Waals surface area (Å²) in [5.74, 6) is 0.985. The Morgan fingerprint density at radius 1 is 1.00 bits per heavy atom. The lowest BCUT2D eigenvalue weighted by Gasteiger charge is -2.27. The van der Waals surface area contributed by atoms with Gasteiger partial charge < -0.3 is 9.47 Å². The molecule has 7 nitrogen and oxygen atoms in total. The van der Waals surface area contributed by atoms with Gasteiger partial charge in [-0.05, 0) is 49.0 Å². The van der Waals surface area contributed by atoms with E-state index < -0.39 is 0 Å². The fraction of sp³-hybridized carbons (Fsp3) is 0.933. The smallest absolute Gasteiger partial charge is 0.165 e. The molecule has 122 valence electrons. The first kappa shape index (κ1) is 14.5. The van der Waals surface area contributed by atoms with Crippen LogP contribution in [0.25, 0.3) is 0 Å². The molecule has 3 heterocycles. The van der Waals surface area contributed by atoms with Crippen LogP contribution < -0.4 is 0 Å². The van der Waals surface area contributed by atoms with Crippen LogP contribution in [-0.2, 0) is 16.0 Å². The second kappa shape index (κ2) is 6.60. The Balaban J connectivity index is 1.41. The summed E-state index contributed by atoms with van der Waals surface area (Å²) in [6.07, 6.45) is 7.80. The monoisotopic (exact) mass is 307 g/mol. The molecule has 2 atom stereocenters. The molecule has 3 aliphatic rings. The van der Waals surface area contributed by atoms with E-state index in [0.717, 1.165) is 51.5 Å². The highest BCUT2D eigenvalue weighted by molar-refractivity contribution is 4.91. The van der Waals surface area contributed by atoms with E-state index in [-0.39, 0.29) is 0 Å². The maximum atomic E-state index is 5.82. The molecule has 22 heavy (non-hydrogen) atoms. The molecule has 4 rings (SSSR count). The molecule has 2 aliphatic heterocycles. The van der Waals surface area contributed by atoms with Crippen molar-refractivity contribution in [2.45, 2.75) is 63.3 Å². The van der Waals surface area contributed by atoms with E-state index in [1.165, 1.54) is 25.7 Å². The molecule has 0 amide bonds. The maximum absolute atomic E-state index is 5.82. The number of nitrogens with zero attached hydrogens (tertiary/aromatic N) is 5. The summed E-state index contributed by atoms with van der Waals surface area (Å²) >= 11 is 0. The molecule has 2 saturated heterocycles. The number of rotatable bonds is 7. The molecule has 1 aromatic rings. The summed E-state index contributed by atoms with van der Waals surface area (Å²) in [6.45, 7) is 4.51. The van der Waals surface area contributed by atoms with E-state index in [4.69, 9.17) is 9.47 Å². The second-order valence-corrected chi connectivity index (χ2v) is 6.73. The summed E-state index contributed by atoms with van der Waals surface area (Å²) in [4.78, 5) is 2.43. The SMILES string of the molecule is C1COC(CN(Cc2nnnn2C2CC2)CC2CCCO2)C1. The Hall–Kier alpha value is -1.05. The molecule has 1 saturated carbocycles. The highest BCUT2D eigenvalue weighted by Gasteiger charge is 2.30. The van der Waals surface area contributed by atoms with Crippen molar-refractivity contribution in [1.82, 2.24) is 25.1 Å². The van der Waals surface area contributed by atoms with Crippen LogP contribution in [0.4, 0.5) is 0 Å². The van der Waals surface area contributed by atoms with Crippen molar-refractivity contribution < 1.29 is 9.47 Å². The average Bonchev–Trinajstić information content (AvgIpc) is 2.97. The third kappa shape index (κ3) is 3.47. The molecule has 7 heteroatoms. The largest absolute Gasteiger partial charge is 0.377 e. The van der Waals surface area contributed by atoms with Gasteiger partial charge in [-0.2, -0.15) is 0 Å². The van der Waals surface area contributed by atoms with Crippen LogP contribution in [0, 0.1) is 0 Å². The van der Waals surface area contributed by atoms with Crippen molar-refractivity contribution in [3.63, 3.8) is 0 Å². The van der Waals surface area contributed by atoms with E-state index in [1.54, 1.807) is 0 Å². The molecule has 0 radical (unpaired) electrons. The van der Waals surface area contributed by atoms with Gasteiger partial charge in [-0.25, -0.2) is 4.68 Å². The number of aromatic nitrogens is 4. The Bertz CT molecular complexity index is 460. The zero-order chi connectivity index (χ0) is 14.8. The molecule has 1 aliphatic carbocycles. The third-order valence-corrected chi connectivity index (χ3v) is 4.79. The number of hydrogen-bond donors (Lipinski definition) is 0. The molecular weight excluding hydrogens is 282 g/mol. The van der Waals surface area contributed by atoms with Crippen LogP contribution in [0.1, 0.15) is 50.4 Å². The Morgan fingerprint density at radius 2 is 1.68 bits per heavy atom. The van der Waals surface area contributed by atoms with Crippen LogP contribution in [-0.4, -0.2) is 63.6 Å². The lowest BCUT2D eigenvalue weighted by atomic mass is 10.2. The first-order chi connectivity index (χ1) is 10.9. The fourth-order valence-electron chi connectivity index (χ4n) is 3.48. The second-order valence-electron chi connectivity index (χ2n) is 6.73. The van der Waals surface area contributed by atoms with Crippen molar-refractivity contribution in [2.75, 3.05) is 26.3 Å². The predicted octanol–water partition coefficient (Wildman–Crippen LogP) is 1.17. The number of tetrazole rings is 1. The third-order valence-electron chi connectivity index (χ3n) is 4.79. The van der Waals surface area contributed by atoms with Crippen LogP contribution >= 0.6 is 0 Å². The quantitative estimate of drug-likeness (QED) is 0.753. The standard InChI is InChI=1S/C15H25N5O2/c1-3-13(21-7-1)9-19(10-14-4-2-8-22-14)11-15-16-17-18-20(15)12-5-6-12/h12-14H,1-11H2. The lowest BCUT2D eigenvalue weighted by molar-refractivity contribution is 0.0331. The van der Waals surface area contributed by atoms with Gasteiger partial charge in [0.25, 0.3) is 0 Å². The summed E-state index contributed by atoms with van der Waals surface area (Å²) in [6, 6.07) is 0.525. The van der Waals surface area contributed by atoms with Gasteiger partial charge >= 0.3 is 0 Å². The van der Waals surface area contributed by atoms with Crippen LogP contribution in [0.3, 0.4) is 0 Å². The van der Waals surface area contributed by atoms with Gasteiger partial charge in [0.15, 0.2) is 5.82 Å². The summed E-state index contributed by atoms with van der Waals surface area (Å²) in [7, 11) is 0. The van der Waals surface area contributed by atoms with E-state index in [1.807, 2.05) is 4.68 Å². The van der Waals surface area contributed by atoms with Crippen LogP contribution in [0.15, 0.2) is 0 Å². The average molecular weight is 307 g/mol. The number of ether oxygens (including phenoxy) is 2. The molecule has 3 fully saturated rings. The van der Waals surface area contributed by atoms with E-state index in [9.17, 15) is 0 Å². The first-order valence-electron chi connectivity index (χ1n) is 8.61. The van der Waals surface area contributed by atoms with Crippen LogP contribution in [0.2, 0.25) is 0 Å². The van der Waals surface area contributed by atoms with Crippen molar-refractivity contribution in [3.05, 3.63) is 5.82 Å². The molecular formula is C15H25N5O2. The number of hydrogen-bond acceptors (Lipinski definition) is 6. The molecule has 0 spiro atoms. The van der Waals surface area contributed by atoms with Gasteiger partial charge in [0.2, 0.25) is 0 Å². The van der Waals surface area contributed by atoms with Gasteiger partial charge in [0, 0.05) is 26.3 Å². The van der Waals surface area contributed by atoms with Gasteiger partial charge in [-0.15, -0.1) is 5.10 Å². The molecule has 1 aromatic heterocycles. The molecule has 0 aromatic carbocycles. The Labute approximate surface area is 130 Å². The highest BCUT2D eigenvalue weighted by atomic mass is 16.5. The fourth-order valence-corrected chi connectivity index (χ4v) is 3.48. The van der Waals surface area contributed by atoms with E-state index in [0.29, 0.717) is 18.2 Å². The molecule has 0 bridgehead atoms. The van der Waals surface area contributed by atoms with Gasteiger partial charge in [0.1, 0.15) is 0 Å².